The average molecular weight is 240 g/mol. The fraction of sp³-hybridized carbons (Fsp3) is 0.294. The predicted molar refractivity (Wildman–Crippen MR) is 76.3 cm³/mol. The molecule has 0 spiro atoms. The van der Waals surface area contributed by atoms with Gasteiger partial charge in [-0.15, -0.1) is 0 Å². The van der Waals surface area contributed by atoms with Gasteiger partial charge in [-0.25, -0.2) is 0 Å². The van der Waals surface area contributed by atoms with E-state index in [1.807, 2.05) is 6.07 Å². The monoisotopic (exact) mass is 240 g/mol. The maximum absolute atomic E-state index is 5.95. The van der Waals surface area contributed by atoms with Gasteiger partial charge in [-0.3, -0.25) is 0 Å². The quantitative estimate of drug-likeness (QED) is 0.777. The molecule has 2 rings (SSSR count). The third kappa shape index (κ3) is 2.92. The summed E-state index contributed by atoms with van der Waals surface area (Å²) in [7, 11) is 0. The molecule has 1 nitrogen and oxygen atoms in total. The minimum Gasteiger partial charge on any atom is -0.493 e. The Kier molecular flexibility index (Phi) is 4.03. The lowest BCUT2D eigenvalue weighted by Gasteiger charge is -2.13. The van der Waals surface area contributed by atoms with Gasteiger partial charge in [0.1, 0.15) is 5.75 Å². The van der Waals surface area contributed by atoms with Gasteiger partial charge in [0.05, 0.1) is 6.61 Å². The summed E-state index contributed by atoms with van der Waals surface area (Å²) in [5.74, 6) is 1.05. The van der Waals surface area contributed by atoms with Crippen LogP contribution in [0.1, 0.15) is 22.3 Å². The highest BCUT2D eigenvalue weighted by Gasteiger charge is 2.06. The van der Waals surface area contributed by atoms with E-state index < -0.39 is 0 Å². The van der Waals surface area contributed by atoms with Gasteiger partial charge in [0.2, 0.25) is 0 Å². The Morgan fingerprint density at radius 2 is 1.50 bits per heavy atom. The van der Waals surface area contributed by atoms with Crippen molar-refractivity contribution in [3.05, 3.63) is 64.7 Å². The lowest BCUT2D eigenvalue weighted by atomic mass is 10.1. The summed E-state index contributed by atoms with van der Waals surface area (Å²) < 4.78 is 5.95. The first-order valence-electron chi connectivity index (χ1n) is 6.42. The van der Waals surface area contributed by atoms with Crippen LogP contribution in [0.25, 0.3) is 0 Å². The molecule has 0 heterocycles. The Bertz CT molecular complexity index is 515. The highest BCUT2D eigenvalue weighted by molar-refractivity contribution is 5.44. The molecular weight excluding hydrogens is 220 g/mol. The molecule has 94 valence electrons. The molecule has 0 unspecified atom stereocenters. The highest BCUT2D eigenvalue weighted by atomic mass is 16.5. The smallest absolute Gasteiger partial charge is 0.125 e. The van der Waals surface area contributed by atoms with Gasteiger partial charge in [-0.05, 0) is 43.0 Å². The second-order valence-corrected chi connectivity index (χ2v) is 4.74. The summed E-state index contributed by atoms with van der Waals surface area (Å²) in [6.07, 6.45) is 0.952. The molecule has 0 amide bonds. The van der Waals surface area contributed by atoms with Crippen molar-refractivity contribution in [2.75, 3.05) is 6.61 Å². The molecule has 0 aliphatic rings. The van der Waals surface area contributed by atoms with Crippen LogP contribution < -0.4 is 4.74 Å². The van der Waals surface area contributed by atoms with Crippen LogP contribution in [0.4, 0.5) is 0 Å². The summed E-state index contributed by atoms with van der Waals surface area (Å²) in [4.78, 5) is 0. The summed E-state index contributed by atoms with van der Waals surface area (Å²) >= 11 is 0. The first kappa shape index (κ1) is 12.7. The summed E-state index contributed by atoms with van der Waals surface area (Å²) in [5, 5.41) is 0. The largest absolute Gasteiger partial charge is 0.493 e. The second kappa shape index (κ2) is 5.72. The topological polar surface area (TPSA) is 9.23 Å². The third-order valence-electron chi connectivity index (χ3n) is 3.35. The minimum atomic E-state index is 0.731. The zero-order chi connectivity index (χ0) is 13.0. The van der Waals surface area contributed by atoms with Gasteiger partial charge in [-0.1, -0.05) is 42.5 Å². The van der Waals surface area contributed by atoms with E-state index in [0.717, 1.165) is 18.8 Å². The average Bonchev–Trinajstić information content (AvgIpc) is 2.39. The van der Waals surface area contributed by atoms with Gasteiger partial charge in [-0.2, -0.15) is 0 Å². The Morgan fingerprint density at radius 1 is 0.833 bits per heavy atom. The summed E-state index contributed by atoms with van der Waals surface area (Å²) in [6, 6.07) is 14.7. The first-order chi connectivity index (χ1) is 8.68. The third-order valence-corrected chi connectivity index (χ3v) is 3.35. The van der Waals surface area contributed by atoms with Gasteiger partial charge in [0.15, 0.2) is 0 Å². The number of hydrogen-bond donors (Lipinski definition) is 0. The zero-order valence-electron chi connectivity index (χ0n) is 11.4. The van der Waals surface area contributed by atoms with E-state index >= 15 is 0 Å². The molecule has 0 bridgehead atoms. The second-order valence-electron chi connectivity index (χ2n) is 4.74. The van der Waals surface area contributed by atoms with Crippen LogP contribution in [0, 0.1) is 20.8 Å². The minimum absolute atomic E-state index is 0.731. The van der Waals surface area contributed by atoms with Crippen molar-refractivity contribution >= 4 is 0 Å². The van der Waals surface area contributed by atoms with E-state index in [9.17, 15) is 0 Å². The zero-order valence-corrected chi connectivity index (χ0v) is 11.4. The molecule has 0 saturated carbocycles. The normalized spacial score (nSPS) is 10.4. The van der Waals surface area contributed by atoms with Crippen molar-refractivity contribution in [2.24, 2.45) is 0 Å². The molecular formula is C17H20O. The van der Waals surface area contributed by atoms with Gasteiger partial charge < -0.3 is 4.74 Å². The lowest BCUT2D eigenvalue weighted by molar-refractivity contribution is 0.317. The van der Waals surface area contributed by atoms with Crippen LogP contribution >= 0.6 is 0 Å². The fourth-order valence-corrected chi connectivity index (χ4v) is 2.06. The van der Waals surface area contributed by atoms with Crippen molar-refractivity contribution in [1.82, 2.24) is 0 Å². The Morgan fingerprint density at radius 3 is 2.22 bits per heavy atom. The molecule has 0 aliphatic heterocycles. The van der Waals surface area contributed by atoms with Crippen LogP contribution in [0.15, 0.2) is 42.5 Å². The van der Waals surface area contributed by atoms with E-state index in [2.05, 4.69) is 57.2 Å². The van der Waals surface area contributed by atoms with E-state index in [1.54, 1.807) is 0 Å². The first-order valence-corrected chi connectivity index (χ1v) is 6.42. The molecule has 0 aliphatic carbocycles. The number of hydrogen-bond acceptors (Lipinski definition) is 1. The number of aryl methyl sites for hydroxylation is 2. The predicted octanol–water partition coefficient (Wildman–Crippen LogP) is 4.23. The molecule has 0 radical (unpaired) electrons. The Labute approximate surface area is 109 Å². The van der Waals surface area contributed by atoms with Crippen molar-refractivity contribution in [2.45, 2.75) is 27.2 Å². The van der Waals surface area contributed by atoms with Gasteiger partial charge in [0.25, 0.3) is 0 Å². The molecule has 0 N–H and O–H groups in total. The van der Waals surface area contributed by atoms with E-state index in [4.69, 9.17) is 4.74 Å². The summed E-state index contributed by atoms with van der Waals surface area (Å²) in [6.45, 7) is 7.08. The van der Waals surface area contributed by atoms with E-state index in [-0.39, 0.29) is 0 Å². The molecule has 18 heavy (non-hydrogen) atoms. The van der Waals surface area contributed by atoms with Crippen LogP contribution in [-0.4, -0.2) is 6.61 Å². The highest BCUT2D eigenvalue weighted by Crippen LogP contribution is 2.25. The van der Waals surface area contributed by atoms with E-state index in [1.165, 1.54) is 22.3 Å². The van der Waals surface area contributed by atoms with Gasteiger partial charge >= 0.3 is 0 Å². The number of ether oxygens (including phenoxy) is 1. The lowest BCUT2D eigenvalue weighted by Crippen LogP contribution is -2.04. The van der Waals surface area contributed by atoms with Crippen molar-refractivity contribution in [1.29, 1.82) is 0 Å². The Hall–Kier alpha value is -1.76. The van der Waals surface area contributed by atoms with Crippen LogP contribution in [0.3, 0.4) is 0 Å². The number of benzene rings is 2. The SMILES string of the molecule is Cc1ccc(C)c(OCCc2ccccc2)c1C. The number of rotatable bonds is 4. The van der Waals surface area contributed by atoms with E-state index in [0.29, 0.717) is 0 Å². The molecule has 1 heteroatoms. The Balaban J connectivity index is 2.01. The van der Waals surface area contributed by atoms with Crippen molar-refractivity contribution in [3.63, 3.8) is 0 Å². The van der Waals surface area contributed by atoms with Crippen LogP contribution in [-0.2, 0) is 6.42 Å². The standard InChI is InChI=1S/C17H20O/c1-13-9-10-14(2)17(15(13)3)18-12-11-16-7-5-4-6-8-16/h4-10H,11-12H2,1-3H3. The van der Waals surface area contributed by atoms with Gasteiger partial charge in [0, 0.05) is 6.42 Å². The van der Waals surface area contributed by atoms with Crippen molar-refractivity contribution < 1.29 is 4.74 Å². The van der Waals surface area contributed by atoms with Crippen LogP contribution in [0.5, 0.6) is 5.75 Å². The maximum Gasteiger partial charge on any atom is 0.125 e. The molecule has 0 saturated heterocycles. The summed E-state index contributed by atoms with van der Waals surface area (Å²) in [5.41, 5.74) is 5.07. The maximum atomic E-state index is 5.95. The molecule has 0 fully saturated rings. The molecule has 0 aromatic heterocycles. The fourth-order valence-electron chi connectivity index (χ4n) is 2.06. The van der Waals surface area contributed by atoms with Crippen LogP contribution in [0.2, 0.25) is 0 Å². The molecule has 0 atom stereocenters. The molecule has 2 aromatic rings. The molecule has 2 aromatic carbocycles. The van der Waals surface area contributed by atoms with Crippen molar-refractivity contribution in [3.8, 4) is 5.75 Å².